The molecule has 1 aliphatic heterocycles. The first kappa shape index (κ1) is 15.6. The summed E-state index contributed by atoms with van der Waals surface area (Å²) in [4.78, 5) is 18.6. The van der Waals surface area contributed by atoms with Crippen molar-refractivity contribution in [2.24, 2.45) is 0 Å². The van der Waals surface area contributed by atoms with Crippen molar-refractivity contribution in [2.45, 2.75) is 18.9 Å². The van der Waals surface area contributed by atoms with Gasteiger partial charge < -0.3 is 9.64 Å². The number of hydrogen-bond donors (Lipinski definition) is 0. The van der Waals surface area contributed by atoms with Gasteiger partial charge in [-0.05, 0) is 41.5 Å². The maximum Gasteiger partial charge on any atom is 0.263 e. The number of hydrogen-bond acceptors (Lipinski definition) is 3. The molecule has 4 rings (SSSR count). The molecule has 25 heavy (non-hydrogen) atoms. The maximum atomic E-state index is 12.6. The van der Waals surface area contributed by atoms with Crippen LogP contribution in [-0.2, 0) is 4.79 Å². The third-order valence-corrected chi connectivity index (χ3v) is 4.73. The van der Waals surface area contributed by atoms with Crippen LogP contribution in [0.2, 0.25) is 0 Å². The van der Waals surface area contributed by atoms with Crippen LogP contribution in [0.15, 0.2) is 67.0 Å². The summed E-state index contributed by atoms with van der Waals surface area (Å²) in [6.45, 7) is 3.28. The molecular formula is C21H20N2O2. The Bertz CT molecular complexity index is 889. The first-order chi connectivity index (χ1) is 12.2. The fourth-order valence-corrected chi connectivity index (χ4v) is 3.24. The topological polar surface area (TPSA) is 42.4 Å². The molecule has 126 valence electrons. The van der Waals surface area contributed by atoms with Gasteiger partial charge in [0, 0.05) is 31.4 Å². The summed E-state index contributed by atoms with van der Waals surface area (Å²) in [5.41, 5.74) is 1.19. The molecule has 0 unspecified atom stereocenters. The van der Waals surface area contributed by atoms with E-state index in [0.29, 0.717) is 5.92 Å². The summed E-state index contributed by atoms with van der Waals surface area (Å²) < 4.78 is 5.88. The smallest absolute Gasteiger partial charge is 0.263 e. The molecule has 1 saturated heterocycles. The molecule has 1 fully saturated rings. The number of amides is 1. The Kier molecular flexibility index (Phi) is 4.10. The number of aromatic nitrogens is 1. The van der Waals surface area contributed by atoms with Gasteiger partial charge in [0.15, 0.2) is 6.10 Å². The average molecular weight is 332 g/mol. The molecule has 0 saturated carbocycles. The van der Waals surface area contributed by atoms with Crippen molar-refractivity contribution in [3.8, 4) is 5.75 Å². The van der Waals surface area contributed by atoms with Gasteiger partial charge >= 0.3 is 0 Å². The molecule has 0 spiro atoms. The van der Waals surface area contributed by atoms with Gasteiger partial charge in [-0.15, -0.1) is 0 Å². The van der Waals surface area contributed by atoms with Crippen LogP contribution < -0.4 is 4.74 Å². The minimum absolute atomic E-state index is 0.0355. The molecule has 0 aliphatic carbocycles. The number of benzene rings is 2. The fraction of sp³-hybridized carbons (Fsp3) is 0.238. The third-order valence-electron chi connectivity index (χ3n) is 4.73. The van der Waals surface area contributed by atoms with Crippen molar-refractivity contribution < 1.29 is 9.53 Å². The van der Waals surface area contributed by atoms with E-state index in [9.17, 15) is 4.79 Å². The van der Waals surface area contributed by atoms with Gasteiger partial charge in [0.1, 0.15) is 5.75 Å². The van der Waals surface area contributed by atoms with Crippen LogP contribution in [0.25, 0.3) is 10.8 Å². The number of fused-ring (bicyclic) bond motifs is 1. The van der Waals surface area contributed by atoms with Crippen LogP contribution in [0.1, 0.15) is 18.4 Å². The van der Waals surface area contributed by atoms with Gasteiger partial charge in [0.25, 0.3) is 5.91 Å². The minimum Gasteiger partial charge on any atom is -0.481 e. The number of nitrogens with zero attached hydrogens (tertiary/aromatic N) is 2. The lowest BCUT2D eigenvalue weighted by molar-refractivity contribution is -0.142. The van der Waals surface area contributed by atoms with Gasteiger partial charge in [-0.2, -0.15) is 0 Å². The Morgan fingerprint density at radius 3 is 2.68 bits per heavy atom. The van der Waals surface area contributed by atoms with E-state index in [1.165, 1.54) is 5.56 Å². The monoisotopic (exact) mass is 332 g/mol. The molecule has 2 aromatic carbocycles. The highest BCUT2D eigenvalue weighted by Crippen LogP contribution is 2.28. The van der Waals surface area contributed by atoms with Gasteiger partial charge in [0.2, 0.25) is 0 Å². The fourth-order valence-electron chi connectivity index (χ4n) is 3.24. The zero-order chi connectivity index (χ0) is 17.2. The predicted molar refractivity (Wildman–Crippen MR) is 97.6 cm³/mol. The van der Waals surface area contributed by atoms with Crippen LogP contribution in [0.5, 0.6) is 5.75 Å². The van der Waals surface area contributed by atoms with E-state index in [1.807, 2.05) is 60.5 Å². The number of likely N-dealkylation sites (tertiary alicyclic amines) is 1. The van der Waals surface area contributed by atoms with E-state index in [4.69, 9.17) is 4.74 Å². The van der Waals surface area contributed by atoms with Gasteiger partial charge in [-0.25, -0.2) is 0 Å². The Hall–Kier alpha value is -2.88. The van der Waals surface area contributed by atoms with Gasteiger partial charge in [-0.3, -0.25) is 9.78 Å². The summed E-state index contributed by atoms with van der Waals surface area (Å²) in [5.74, 6) is 1.14. The number of rotatable bonds is 4. The van der Waals surface area contributed by atoms with E-state index in [1.54, 1.807) is 6.20 Å². The Morgan fingerprint density at radius 2 is 1.92 bits per heavy atom. The van der Waals surface area contributed by atoms with Crippen molar-refractivity contribution in [1.29, 1.82) is 0 Å². The molecule has 4 heteroatoms. The summed E-state index contributed by atoms with van der Waals surface area (Å²) in [5, 5.41) is 2.27. The second-order valence-electron chi connectivity index (χ2n) is 6.50. The minimum atomic E-state index is -0.490. The van der Waals surface area contributed by atoms with Crippen molar-refractivity contribution in [3.63, 3.8) is 0 Å². The Morgan fingerprint density at radius 1 is 1.12 bits per heavy atom. The van der Waals surface area contributed by atoms with E-state index >= 15 is 0 Å². The molecule has 1 atom stereocenters. The molecular weight excluding hydrogens is 312 g/mol. The summed E-state index contributed by atoms with van der Waals surface area (Å²) in [6, 6.07) is 18.0. The van der Waals surface area contributed by atoms with Crippen LogP contribution in [-0.4, -0.2) is 35.0 Å². The van der Waals surface area contributed by atoms with E-state index in [0.717, 1.165) is 29.6 Å². The van der Waals surface area contributed by atoms with Crippen molar-refractivity contribution in [1.82, 2.24) is 9.88 Å². The van der Waals surface area contributed by atoms with Crippen molar-refractivity contribution in [3.05, 3.63) is 72.6 Å². The molecule has 1 aromatic heterocycles. The first-order valence-electron chi connectivity index (χ1n) is 8.55. The van der Waals surface area contributed by atoms with E-state index < -0.39 is 6.10 Å². The second-order valence-corrected chi connectivity index (χ2v) is 6.50. The zero-order valence-corrected chi connectivity index (χ0v) is 14.1. The Labute approximate surface area is 147 Å². The largest absolute Gasteiger partial charge is 0.481 e. The number of ether oxygens (including phenoxy) is 1. The quantitative estimate of drug-likeness (QED) is 0.733. The van der Waals surface area contributed by atoms with Crippen molar-refractivity contribution in [2.75, 3.05) is 13.1 Å². The zero-order valence-electron chi connectivity index (χ0n) is 14.1. The summed E-state index contributed by atoms with van der Waals surface area (Å²) in [7, 11) is 0. The van der Waals surface area contributed by atoms with Crippen LogP contribution in [0, 0.1) is 0 Å². The Balaban J connectivity index is 1.38. The second kappa shape index (κ2) is 6.55. The number of pyridine rings is 1. The van der Waals surface area contributed by atoms with Crippen LogP contribution in [0.4, 0.5) is 0 Å². The van der Waals surface area contributed by atoms with Gasteiger partial charge in [-0.1, -0.05) is 36.4 Å². The number of carbonyl (C=O) groups excluding carboxylic acids is 1. The standard InChI is InChI=1S/C21H20N2O2/c1-15(25-20-9-8-16-5-2-3-6-17(16)11-20)21(24)23-13-19(14-23)18-7-4-10-22-12-18/h2-12,15,19H,13-14H2,1H3/t15-/m0/s1. The predicted octanol–water partition coefficient (Wildman–Crippen LogP) is 3.63. The van der Waals surface area contributed by atoms with Crippen LogP contribution in [0.3, 0.4) is 0 Å². The van der Waals surface area contributed by atoms with E-state index in [-0.39, 0.29) is 5.91 Å². The summed E-state index contributed by atoms with van der Waals surface area (Å²) in [6.07, 6.45) is 3.16. The lowest BCUT2D eigenvalue weighted by Crippen LogP contribution is -2.52. The average Bonchev–Trinajstić information content (AvgIpc) is 2.61. The highest BCUT2D eigenvalue weighted by molar-refractivity contribution is 5.84. The maximum absolute atomic E-state index is 12.6. The first-order valence-corrected chi connectivity index (χ1v) is 8.55. The lowest BCUT2D eigenvalue weighted by Gasteiger charge is -2.40. The third kappa shape index (κ3) is 3.20. The molecule has 0 N–H and O–H groups in total. The van der Waals surface area contributed by atoms with Gasteiger partial charge in [0.05, 0.1) is 0 Å². The highest BCUT2D eigenvalue weighted by Gasteiger charge is 2.34. The molecule has 2 heterocycles. The molecule has 1 amide bonds. The van der Waals surface area contributed by atoms with Crippen LogP contribution >= 0.6 is 0 Å². The van der Waals surface area contributed by atoms with E-state index in [2.05, 4.69) is 17.1 Å². The molecule has 0 bridgehead atoms. The highest BCUT2D eigenvalue weighted by atomic mass is 16.5. The molecule has 4 nitrogen and oxygen atoms in total. The molecule has 0 radical (unpaired) electrons. The normalized spacial score (nSPS) is 15.6. The summed E-state index contributed by atoms with van der Waals surface area (Å²) >= 11 is 0. The molecule has 3 aromatic rings. The lowest BCUT2D eigenvalue weighted by atomic mass is 9.92. The molecule has 1 aliphatic rings. The number of carbonyl (C=O) groups is 1. The SMILES string of the molecule is C[C@H](Oc1ccc2ccccc2c1)C(=O)N1CC(c2cccnc2)C1. The van der Waals surface area contributed by atoms with Crippen molar-refractivity contribution >= 4 is 16.7 Å².